The van der Waals surface area contributed by atoms with E-state index < -0.39 is 22.3 Å². The summed E-state index contributed by atoms with van der Waals surface area (Å²) in [6.45, 7) is 1.83. The Labute approximate surface area is 146 Å². The van der Waals surface area contributed by atoms with Gasteiger partial charge < -0.3 is 5.11 Å². The Morgan fingerprint density at radius 1 is 1.33 bits per heavy atom. The van der Waals surface area contributed by atoms with Gasteiger partial charge in [0, 0.05) is 16.7 Å². The smallest absolute Gasteiger partial charge is 0.312 e. The third-order valence-corrected chi connectivity index (χ3v) is 3.55. The standard InChI is InChI=1S/C15H11Cl2N3O4/c1-8-2-3-11(12(17)4-8)15(22)19-18-7-9-5-10(16)6-13(14(9)21)20(23)24/h2-7,21H,1H3,(H,19,22). The average molecular weight is 368 g/mol. The molecule has 124 valence electrons. The van der Waals surface area contributed by atoms with Gasteiger partial charge >= 0.3 is 5.69 Å². The number of halogens is 2. The van der Waals surface area contributed by atoms with Gasteiger partial charge in [0.1, 0.15) is 0 Å². The first-order valence-electron chi connectivity index (χ1n) is 6.56. The van der Waals surface area contributed by atoms with E-state index in [-0.39, 0.29) is 21.2 Å². The SMILES string of the molecule is Cc1ccc(C(=O)NN=Cc2cc(Cl)cc([N+](=O)[O-])c2O)c(Cl)c1. The van der Waals surface area contributed by atoms with Crippen LogP contribution in [0.25, 0.3) is 0 Å². The van der Waals surface area contributed by atoms with Crippen molar-refractivity contribution < 1.29 is 14.8 Å². The minimum atomic E-state index is -0.775. The molecule has 0 aliphatic carbocycles. The number of carbonyl (C=O) groups excluding carboxylic acids is 1. The van der Waals surface area contributed by atoms with E-state index in [4.69, 9.17) is 23.2 Å². The van der Waals surface area contributed by atoms with Crippen molar-refractivity contribution in [2.45, 2.75) is 6.92 Å². The number of aromatic hydroxyl groups is 1. The Morgan fingerprint density at radius 3 is 2.67 bits per heavy atom. The molecule has 0 saturated carbocycles. The topological polar surface area (TPSA) is 105 Å². The molecule has 7 nitrogen and oxygen atoms in total. The molecule has 0 radical (unpaired) electrons. The van der Waals surface area contributed by atoms with Gasteiger partial charge in [-0.1, -0.05) is 29.3 Å². The van der Waals surface area contributed by atoms with Crippen molar-refractivity contribution >= 4 is 41.0 Å². The van der Waals surface area contributed by atoms with E-state index >= 15 is 0 Å². The van der Waals surface area contributed by atoms with Crippen LogP contribution in [0.3, 0.4) is 0 Å². The Kier molecular flexibility index (Phi) is 5.38. The van der Waals surface area contributed by atoms with Gasteiger partial charge in [0.05, 0.1) is 21.7 Å². The zero-order valence-electron chi connectivity index (χ0n) is 12.3. The largest absolute Gasteiger partial charge is 0.502 e. The first-order chi connectivity index (χ1) is 11.3. The van der Waals surface area contributed by atoms with E-state index in [9.17, 15) is 20.0 Å². The van der Waals surface area contributed by atoms with E-state index in [0.717, 1.165) is 17.8 Å². The number of phenolic OH excluding ortho intramolecular Hbond substituents is 1. The van der Waals surface area contributed by atoms with Crippen LogP contribution in [-0.4, -0.2) is 22.2 Å². The summed E-state index contributed by atoms with van der Waals surface area (Å²) < 4.78 is 0. The number of hydrogen-bond acceptors (Lipinski definition) is 5. The van der Waals surface area contributed by atoms with Gasteiger partial charge in [-0.25, -0.2) is 5.43 Å². The minimum Gasteiger partial charge on any atom is -0.502 e. The van der Waals surface area contributed by atoms with Gasteiger partial charge in [-0.15, -0.1) is 0 Å². The third kappa shape index (κ3) is 4.01. The number of nitro benzene ring substituents is 1. The van der Waals surface area contributed by atoms with Crippen molar-refractivity contribution in [3.05, 3.63) is 67.2 Å². The Morgan fingerprint density at radius 2 is 2.04 bits per heavy atom. The third-order valence-electron chi connectivity index (χ3n) is 3.02. The number of nitrogens with zero attached hydrogens (tertiary/aromatic N) is 2. The number of nitrogens with one attached hydrogen (secondary N) is 1. The molecule has 1 amide bonds. The van der Waals surface area contributed by atoms with Crippen molar-refractivity contribution in [2.24, 2.45) is 5.10 Å². The highest BCUT2D eigenvalue weighted by molar-refractivity contribution is 6.34. The number of hydrogen-bond donors (Lipinski definition) is 2. The molecule has 0 atom stereocenters. The summed E-state index contributed by atoms with van der Waals surface area (Å²) in [7, 11) is 0. The lowest BCUT2D eigenvalue weighted by Crippen LogP contribution is -2.18. The number of aryl methyl sites for hydroxylation is 1. The second-order valence-corrected chi connectivity index (χ2v) is 5.65. The molecule has 0 unspecified atom stereocenters. The fraction of sp³-hybridized carbons (Fsp3) is 0.0667. The Balaban J connectivity index is 2.20. The summed E-state index contributed by atoms with van der Waals surface area (Å²) in [6, 6.07) is 7.19. The van der Waals surface area contributed by atoms with Crippen LogP contribution in [0.1, 0.15) is 21.5 Å². The van der Waals surface area contributed by atoms with Gasteiger partial charge in [-0.05, 0) is 30.7 Å². The number of hydrazone groups is 1. The normalized spacial score (nSPS) is 10.8. The van der Waals surface area contributed by atoms with Crippen LogP contribution in [0.5, 0.6) is 5.75 Å². The minimum absolute atomic E-state index is 0.00972. The zero-order valence-corrected chi connectivity index (χ0v) is 13.8. The summed E-state index contributed by atoms with van der Waals surface area (Å²) in [6.07, 6.45) is 1.05. The van der Waals surface area contributed by atoms with E-state index in [0.29, 0.717) is 0 Å². The fourth-order valence-electron chi connectivity index (χ4n) is 1.87. The van der Waals surface area contributed by atoms with Crippen LogP contribution >= 0.6 is 23.2 Å². The van der Waals surface area contributed by atoms with Crippen molar-refractivity contribution in [1.82, 2.24) is 5.43 Å². The molecule has 0 aromatic heterocycles. The summed E-state index contributed by atoms with van der Waals surface area (Å²) in [5.41, 5.74) is 2.78. The van der Waals surface area contributed by atoms with E-state index in [1.807, 2.05) is 6.92 Å². The summed E-state index contributed by atoms with van der Waals surface area (Å²) in [5.74, 6) is -1.16. The maximum Gasteiger partial charge on any atom is 0.312 e. The van der Waals surface area contributed by atoms with Crippen molar-refractivity contribution in [1.29, 1.82) is 0 Å². The molecule has 0 saturated heterocycles. The second-order valence-electron chi connectivity index (χ2n) is 4.80. The lowest BCUT2D eigenvalue weighted by molar-refractivity contribution is -0.385. The molecule has 9 heteroatoms. The fourth-order valence-corrected chi connectivity index (χ4v) is 2.41. The number of amides is 1. The predicted molar refractivity (Wildman–Crippen MR) is 91.0 cm³/mol. The average Bonchev–Trinajstić information content (AvgIpc) is 2.49. The molecular weight excluding hydrogens is 357 g/mol. The van der Waals surface area contributed by atoms with Crippen LogP contribution in [0, 0.1) is 17.0 Å². The highest BCUT2D eigenvalue weighted by atomic mass is 35.5. The summed E-state index contributed by atoms with van der Waals surface area (Å²) >= 11 is 11.7. The van der Waals surface area contributed by atoms with Gasteiger partial charge in [-0.3, -0.25) is 14.9 Å². The maximum atomic E-state index is 12.0. The van der Waals surface area contributed by atoms with Gasteiger partial charge in [0.25, 0.3) is 5.91 Å². The van der Waals surface area contributed by atoms with Crippen LogP contribution in [-0.2, 0) is 0 Å². The molecular formula is C15H11Cl2N3O4. The Bertz CT molecular complexity index is 853. The summed E-state index contributed by atoms with van der Waals surface area (Å²) in [5, 5.41) is 24.6. The molecule has 2 rings (SSSR count). The van der Waals surface area contributed by atoms with E-state index in [1.165, 1.54) is 6.07 Å². The molecule has 0 aliphatic heterocycles. The number of benzene rings is 2. The molecule has 0 heterocycles. The van der Waals surface area contributed by atoms with Crippen LogP contribution < -0.4 is 5.43 Å². The number of carbonyl (C=O) groups is 1. The molecule has 0 aliphatic rings. The quantitative estimate of drug-likeness (QED) is 0.488. The first kappa shape index (κ1) is 17.7. The van der Waals surface area contributed by atoms with Crippen molar-refractivity contribution in [3.63, 3.8) is 0 Å². The van der Waals surface area contributed by atoms with Gasteiger partial charge in [0.2, 0.25) is 5.75 Å². The summed E-state index contributed by atoms with van der Waals surface area (Å²) in [4.78, 5) is 22.0. The lowest BCUT2D eigenvalue weighted by atomic mass is 10.1. The zero-order chi connectivity index (χ0) is 17.9. The van der Waals surface area contributed by atoms with Crippen molar-refractivity contribution in [2.75, 3.05) is 0 Å². The maximum absolute atomic E-state index is 12.0. The Hall–Kier alpha value is -2.64. The monoisotopic (exact) mass is 367 g/mol. The van der Waals surface area contributed by atoms with Gasteiger partial charge in [0.15, 0.2) is 0 Å². The van der Waals surface area contributed by atoms with E-state index in [2.05, 4.69) is 10.5 Å². The number of rotatable bonds is 4. The highest BCUT2D eigenvalue weighted by Gasteiger charge is 2.18. The van der Waals surface area contributed by atoms with Crippen LogP contribution in [0.2, 0.25) is 10.0 Å². The molecule has 24 heavy (non-hydrogen) atoms. The molecule has 0 spiro atoms. The molecule has 2 N–H and O–H groups in total. The number of phenols is 1. The molecule has 2 aromatic carbocycles. The van der Waals surface area contributed by atoms with Gasteiger partial charge in [-0.2, -0.15) is 5.10 Å². The number of nitro groups is 1. The first-order valence-corrected chi connectivity index (χ1v) is 7.31. The highest BCUT2D eigenvalue weighted by Crippen LogP contribution is 2.32. The van der Waals surface area contributed by atoms with Crippen LogP contribution in [0.15, 0.2) is 35.4 Å². The predicted octanol–water partition coefficient (Wildman–Crippen LogP) is 3.68. The van der Waals surface area contributed by atoms with Crippen LogP contribution in [0.4, 0.5) is 5.69 Å². The van der Waals surface area contributed by atoms with Crippen molar-refractivity contribution in [3.8, 4) is 5.75 Å². The molecule has 2 aromatic rings. The van der Waals surface area contributed by atoms with E-state index in [1.54, 1.807) is 18.2 Å². The molecule has 0 bridgehead atoms. The lowest BCUT2D eigenvalue weighted by Gasteiger charge is -2.04. The molecule has 0 fully saturated rings. The second kappa shape index (κ2) is 7.29.